The van der Waals surface area contributed by atoms with Gasteiger partial charge in [0.15, 0.2) is 9.84 Å². The van der Waals surface area contributed by atoms with Crippen LogP contribution in [0, 0.1) is 0 Å². The van der Waals surface area contributed by atoms with Crippen LogP contribution in [0.15, 0.2) is 65.6 Å². The van der Waals surface area contributed by atoms with Crippen molar-refractivity contribution >= 4 is 37.9 Å². The zero-order valence-corrected chi connectivity index (χ0v) is 17.8. The van der Waals surface area contributed by atoms with Crippen molar-refractivity contribution in [1.29, 1.82) is 0 Å². The predicted octanol–water partition coefficient (Wildman–Crippen LogP) is 4.87. The largest absolute Gasteiger partial charge is 0.416 e. The minimum atomic E-state index is -4.52. The summed E-state index contributed by atoms with van der Waals surface area (Å²) >= 11 is 0. The third-order valence-electron chi connectivity index (χ3n) is 5.45. The van der Waals surface area contributed by atoms with Crippen LogP contribution in [0.3, 0.4) is 0 Å². The maximum absolute atomic E-state index is 13.2. The highest BCUT2D eigenvalue weighted by molar-refractivity contribution is 7.92. The number of carbonyl (C=O) groups is 1. The zero-order chi connectivity index (χ0) is 22.9. The lowest BCUT2D eigenvalue weighted by atomic mass is 10.1. The first kappa shape index (κ1) is 22.1. The fourth-order valence-electron chi connectivity index (χ4n) is 3.84. The molecule has 4 rings (SSSR count). The molecule has 1 aliphatic heterocycles. The van der Waals surface area contributed by atoms with Gasteiger partial charge in [-0.1, -0.05) is 30.3 Å². The van der Waals surface area contributed by atoms with Crippen molar-refractivity contribution in [3.05, 3.63) is 66.2 Å². The molecule has 0 spiro atoms. The molecular formula is C23H21F3N2O3S. The smallest absolute Gasteiger partial charge is 0.370 e. The van der Waals surface area contributed by atoms with Crippen LogP contribution in [-0.4, -0.2) is 33.2 Å². The second-order valence-corrected chi connectivity index (χ2v) is 9.73. The Bertz CT molecular complexity index is 1270. The molecule has 32 heavy (non-hydrogen) atoms. The van der Waals surface area contributed by atoms with Crippen LogP contribution in [0.25, 0.3) is 10.8 Å². The Morgan fingerprint density at radius 1 is 0.938 bits per heavy atom. The highest BCUT2D eigenvalue weighted by Gasteiger charge is 2.32. The van der Waals surface area contributed by atoms with Gasteiger partial charge in [0.05, 0.1) is 21.8 Å². The average Bonchev–Trinajstić information content (AvgIpc) is 3.27. The molecule has 1 heterocycles. The quantitative estimate of drug-likeness (QED) is 0.588. The number of anilines is 2. The van der Waals surface area contributed by atoms with Crippen molar-refractivity contribution in [2.45, 2.75) is 23.9 Å². The Kier molecular flexibility index (Phi) is 5.85. The number of benzene rings is 3. The van der Waals surface area contributed by atoms with E-state index in [-0.39, 0.29) is 16.3 Å². The van der Waals surface area contributed by atoms with Gasteiger partial charge in [0, 0.05) is 13.1 Å². The van der Waals surface area contributed by atoms with Gasteiger partial charge >= 0.3 is 6.18 Å². The lowest BCUT2D eigenvalue weighted by Gasteiger charge is -2.23. The normalized spacial score (nSPS) is 14.7. The third-order valence-corrected chi connectivity index (χ3v) is 7.06. The van der Waals surface area contributed by atoms with Crippen LogP contribution >= 0.6 is 0 Å². The van der Waals surface area contributed by atoms with E-state index in [1.807, 2.05) is 12.1 Å². The molecule has 0 atom stereocenters. The summed E-state index contributed by atoms with van der Waals surface area (Å²) in [7, 11) is -3.94. The van der Waals surface area contributed by atoms with Crippen molar-refractivity contribution in [3.63, 3.8) is 0 Å². The third kappa shape index (κ3) is 4.72. The van der Waals surface area contributed by atoms with E-state index in [4.69, 9.17) is 0 Å². The van der Waals surface area contributed by atoms with Gasteiger partial charge < -0.3 is 10.2 Å². The minimum Gasteiger partial charge on any atom is -0.370 e. The zero-order valence-electron chi connectivity index (χ0n) is 17.0. The Labute approximate surface area is 183 Å². The number of nitrogens with one attached hydrogen (secondary N) is 1. The summed E-state index contributed by atoms with van der Waals surface area (Å²) in [4.78, 5) is 14.4. The lowest BCUT2D eigenvalue weighted by Crippen LogP contribution is -2.26. The van der Waals surface area contributed by atoms with E-state index in [0.717, 1.165) is 35.7 Å². The number of sulfone groups is 1. The van der Waals surface area contributed by atoms with Crippen molar-refractivity contribution < 1.29 is 26.4 Å². The maximum Gasteiger partial charge on any atom is 0.416 e. The Hall–Kier alpha value is -3.07. The van der Waals surface area contributed by atoms with Crippen LogP contribution in [0.1, 0.15) is 18.4 Å². The number of rotatable bonds is 5. The molecule has 9 heteroatoms. The molecular weight excluding hydrogens is 441 g/mol. The molecule has 0 aromatic heterocycles. The molecule has 5 nitrogen and oxygen atoms in total. The SMILES string of the molecule is O=C(CS(=O)(=O)c1ccc2ccccc2c1)Nc1ccc(C(F)(F)F)cc1N1CCCC1. The molecule has 1 aliphatic rings. The second kappa shape index (κ2) is 8.46. The van der Waals surface area contributed by atoms with E-state index in [0.29, 0.717) is 13.1 Å². The van der Waals surface area contributed by atoms with Gasteiger partial charge in [-0.15, -0.1) is 0 Å². The molecule has 3 aromatic carbocycles. The van der Waals surface area contributed by atoms with Gasteiger partial charge in [-0.25, -0.2) is 8.42 Å². The minimum absolute atomic E-state index is 0.0125. The van der Waals surface area contributed by atoms with Gasteiger partial charge in [0.25, 0.3) is 0 Å². The van der Waals surface area contributed by atoms with Gasteiger partial charge in [0.2, 0.25) is 5.91 Å². The summed E-state index contributed by atoms with van der Waals surface area (Å²) in [6, 6.07) is 14.9. The Morgan fingerprint density at radius 3 is 2.31 bits per heavy atom. The number of hydrogen-bond acceptors (Lipinski definition) is 4. The van der Waals surface area contributed by atoms with Gasteiger partial charge in [-0.3, -0.25) is 4.79 Å². The van der Waals surface area contributed by atoms with E-state index in [9.17, 15) is 26.4 Å². The summed E-state index contributed by atoms with van der Waals surface area (Å²) < 4.78 is 65.1. The molecule has 1 N–H and O–H groups in total. The molecule has 0 aliphatic carbocycles. The Morgan fingerprint density at radius 2 is 1.62 bits per heavy atom. The molecule has 1 amide bonds. The summed E-state index contributed by atoms with van der Waals surface area (Å²) in [6.07, 6.45) is -2.85. The van der Waals surface area contributed by atoms with Crippen LogP contribution in [0.2, 0.25) is 0 Å². The van der Waals surface area contributed by atoms with Gasteiger partial charge in [-0.05, 0) is 53.9 Å². The first-order valence-corrected chi connectivity index (χ1v) is 11.8. The van der Waals surface area contributed by atoms with Gasteiger partial charge in [-0.2, -0.15) is 13.2 Å². The number of amides is 1. The summed E-state index contributed by atoms with van der Waals surface area (Å²) in [5, 5.41) is 4.10. The fourth-order valence-corrected chi connectivity index (χ4v) is 5.00. The van der Waals surface area contributed by atoms with Crippen LogP contribution in [0.5, 0.6) is 0 Å². The maximum atomic E-state index is 13.2. The molecule has 168 valence electrons. The highest BCUT2D eigenvalue weighted by Crippen LogP contribution is 2.37. The number of halogens is 3. The van der Waals surface area contributed by atoms with E-state index >= 15 is 0 Å². The molecule has 3 aromatic rings. The molecule has 0 radical (unpaired) electrons. The summed E-state index contributed by atoms with van der Waals surface area (Å²) in [5.41, 5.74) is -0.409. The van der Waals surface area contributed by atoms with Crippen molar-refractivity contribution in [2.24, 2.45) is 0 Å². The molecule has 0 unspecified atom stereocenters. The number of hydrogen-bond donors (Lipinski definition) is 1. The van der Waals surface area contributed by atoms with E-state index in [1.54, 1.807) is 23.1 Å². The predicted molar refractivity (Wildman–Crippen MR) is 118 cm³/mol. The standard InChI is InChI=1S/C23H21F3N2O3S/c24-23(25,26)18-8-10-20(21(14-18)28-11-3-4-12-28)27-22(29)15-32(30,31)19-9-7-16-5-1-2-6-17(16)13-19/h1-2,5-10,13-14H,3-4,11-12,15H2,(H,27,29). The number of alkyl halides is 3. The molecule has 1 saturated heterocycles. The van der Waals surface area contributed by atoms with Crippen molar-refractivity contribution in [1.82, 2.24) is 0 Å². The highest BCUT2D eigenvalue weighted by atomic mass is 32.2. The van der Waals surface area contributed by atoms with E-state index < -0.39 is 33.2 Å². The molecule has 0 bridgehead atoms. The lowest BCUT2D eigenvalue weighted by molar-refractivity contribution is -0.137. The van der Waals surface area contributed by atoms with Gasteiger partial charge in [0.1, 0.15) is 5.75 Å². The average molecular weight is 462 g/mol. The van der Waals surface area contributed by atoms with Crippen molar-refractivity contribution in [2.75, 3.05) is 29.1 Å². The summed E-state index contributed by atoms with van der Waals surface area (Å²) in [6.45, 7) is 1.14. The van der Waals surface area contributed by atoms with E-state index in [1.165, 1.54) is 18.2 Å². The van der Waals surface area contributed by atoms with Crippen LogP contribution in [-0.2, 0) is 20.8 Å². The second-order valence-electron chi connectivity index (χ2n) is 7.74. The first-order valence-electron chi connectivity index (χ1n) is 10.1. The molecule has 0 saturated carbocycles. The number of nitrogens with zero attached hydrogens (tertiary/aromatic N) is 1. The van der Waals surface area contributed by atoms with E-state index in [2.05, 4.69) is 5.32 Å². The Balaban J connectivity index is 1.57. The summed E-state index contributed by atoms with van der Waals surface area (Å²) in [5.74, 6) is -1.62. The molecule has 1 fully saturated rings. The van der Waals surface area contributed by atoms with Crippen LogP contribution < -0.4 is 10.2 Å². The number of fused-ring (bicyclic) bond motifs is 1. The fraction of sp³-hybridized carbons (Fsp3) is 0.261. The monoisotopic (exact) mass is 462 g/mol. The first-order chi connectivity index (χ1) is 15.1. The number of carbonyl (C=O) groups excluding carboxylic acids is 1. The van der Waals surface area contributed by atoms with Crippen LogP contribution in [0.4, 0.5) is 24.5 Å². The topological polar surface area (TPSA) is 66.5 Å². The van der Waals surface area contributed by atoms with Crippen molar-refractivity contribution in [3.8, 4) is 0 Å².